The second-order valence-corrected chi connectivity index (χ2v) is 9.38. The number of aromatic nitrogens is 3. The Morgan fingerprint density at radius 2 is 1.91 bits per heavy atom. The van der Waals surface area contributed by atoms with E-state index in [4.69, 9.17) is 9.47 Å². The first-order chi connectivity index (χ1) is 15.9. The number of aromatic amines is 1. The molecule has 0 unspecified atom stereocenters. The number of methoxy groups -OCH3 is 2. The van der Waals surface area contributed by atoms with Crippen LogP contribution >= 0.6 is 0 Å². The molecule has 4 rings (SSSR count). The van der Waals surface area contributed by atoms with Crippen molar-refractivity contribution >= 4 is 21.6 Å². The van der Waals surface area contributed by atoms with Crippen LogP contribution < -0.4 is 19.5 Å². The van der Waals surface area contributed by atoms with Crippen LogP contribution in [0.1, 0.15) is 31.0 Å². The van der Waals surface area contributed by atoms with Crippen LogP contribution in [0.25, 0.3) is 11.4 Å². The van der Waals surface area contributed by atoms with Crippen molar-refractivity contribution in [3.63, 3.8) is 0 Å². The number of benzene rings is 2. The topological polar surface area (TPSA) is 135 Å². The molecule has 0 radical (unpaired) electrons. The van der Waals surface area contributed by atoms with Gasteiger partial charge in [0, 0.05) is 36.2 Å². The van der Waals surface area contributed by atoms with Gasteiger partial charge in [-0.3, -0.25) is 9.89 Å². The first kappa shape index (κ1) is 22.7. The molecule has 1 saturated carbocycles. The van der Waals surface area contributed by atoms with Crippen molar-refractivity contribution in [3.8, 4) is 22.9 Å². The molecule has 0 spiro atoms. The van der Waals surface area contributed by atoms with E-state index in [1.807, 2.05) is 6.07 Å². The maximum Gasteiger partial charge on any atom is 0.240 e. The molecule has 1 fully saturated rings. The second kappa shape index (κ2) is 9.59. The van der Waals surface area contributed by atoms with Crippen molar-refractivity contribution in [2.75, 3.05) is 26.1 Å². The molecule has 0 saturated heterocycles. The van der Waals surface area contributed by atoms with E-state index in [2.05, 4.69) is 25.2 Å². The average Bonchev–Trinajstić information content (AvgIpc) is 3.54. The second-order valence-electron chi connectivity index (χ2n) is 7.61. The summed E-state index contributed by atoms with van der Waals surface area (Å²) >= 11 is 0. The summed E-state index contributed by atoms with van der Waals surface area (Å²) in [6, 6.07) is 11.5. The fourth-order valence-corrected chi connectivity index (χ4v) is 4.32. The molecular formula is C22H25N5O5S. The molecule has 1 aliphatic rings. The molecule has 2 aromatic carbocycles. The molecule has 11 heteroatoms. The van der Waals surface area contributed by atoms with E-state index >= 15 is 0 Å². The minimum Gasteiger partial charge on any atom is -0.493 e. The lowest BCUT2D eigenvalue weighted by atomic mass is 10.2. The normalized spacial score (nSPS) is 13.5. The Kier molecular flexibility index (Phi) is 6.61. The van der Waals surface area contributed by atoms with Crippen molar-refractivity contribution < 1.29 is 22.7 Å². The molecule has 3 N–H and O–H groups in total. The van der Waals surface area contributed by atoms with Crippen molar-refractivity contribution in [3.05, 3.63) is 48.3 Å². The Hall–Kier alpha value is -3.44. The highest BCUT2D eigenvalue weighted by atomic mass is 32.2. The van der Waals surface area contributed by atoms with E-state index in [-0.39, 0.29) is 23.8 Å². The Morgan fingerprint density at radius 1 is 1.12 bits per heavy atom. The number of anilines is 1. The van der Waals surface area contributed by atoms with E-state index < -0.39 is 10.0 Å². The van der Waals surface area contributed by atoms with Gasteiger partial charge in [0.2, 0.25) is 15.9 Å². The van der Waals surface area contributed by atoms with E-state index in [0.717, 1.165) is 24.2 Å². The molecule has 1 aromatic heterocycles. The summed E-state index contributed by atoms with van der Waals surface area (Å²) in [5.74, 6) is 2.34. The highest BCUT2D eigenvalue weighted by molar-refractivity contribution is 7.89. The monoisotopic (exact) mass is 471 g/mol. The first-order valence-electron chi connectivity index (χ1n) is 10.4. The van der Waals surface area contributed by atoms with Crippen molar-refractivity contribution in [2.45, 2.75) is 30.1 Å². The zero-order valence-corrected chi connectivity index (χ0v) is 19.1. The minimum absolute atomic E-state index is 0.0188. The van der Waals surface area contributed by atoms with Gasteiger partial charge in [-0.25, -0.2) is 18.1 Å². The summed E-state index contributed by atoms with van der Waals surface area (Å²) in [5, 5.41) is 10.00. The summed E-state index contributed by atoms with van der Waals surface area (Å²) in [4.78, 5) is 16.9. The lowest BCUT2D eigenvalue weighted by Crippen LogP contribution is -2.27. The number of hydrogen-bond donors (Lipinski definition) is 3. The Bertz CT molecular complexity index is 1250. The lowest BCUT2D eigenvalue weighted by molar-refractivity contribution is -0.116. The fraction of sp³-hybridized carbons (Fsp3) is 0.318. The summed E-state index contributed by atoms with van der Waals surface area (Å²) in [5.41, 5.74) is 1.36. The third-order valence-electron chi connectivity index (χ3n) is 5.18. The molecular weight excluding hydrogens is 446 g/mol. The maximum absolute atomic E-state index is 12.5. The van der Waals surface area contributed by atoms with Gasteiger partial charge in [0.1, 0.15) is 5.82 Å². The third kappa shape index (κ3) is 5.49. The SMILES string of the molecule is COc1ccc(S(=O)(=O)NCCC(=O)Nc2cccc(-c3n[nH]c(C4CC4)n3)c2)cc1OC. The fourth-order valence-electron chi connectivity index (χ4n) is 3.27. The number of nitrogens with one attached hydrogen (secondary N) is 3. The van der Waals surface area contributed by atoms with E-state index in [1.54, 1.807) is 18.2 Å². The van der Waals surface area contributed by atoms with Gasteiger partial charge >= 0.3 is 0 Å². The first-order valence-corrected chi connectivity index (χ1v) is 11.9. The molecule has 3 aromatic rings. The predicted octanol–water partition coefficient (Wildman–Crippen LogP) is 2.67. The summed E-state index contributed by atoms with van der Waals surface area (Å²) in [6.45, 7) is -0.0616. The van der Waals surface area contributed by atoms with Gasteiger partial charge in [0.15, 0.2) is 17.3 Å². The van der Waals surface area contributed by atoms with Crippen LogP contribution in [0.2, 0.25) is 0 Å². The zero-order valence-electron chi connectivity index (χ0n) is 18.3. The Balaban J connectivity index is 1.33. The Morgan fingerprint density at radius 3 is 2.64 bits per heavy atom. The molecule has 1 heterocycles. The minimum atomic E-state index is -3.81. The van der Waals surface area contributed by atoms with E-state index in [1.165, 1.54) is 32.4 Å². The van der Waals surface area contributed by atoms with Crippen molar-refractivity contribution in [1.29, 1.82) is 0 Å². The zero-order chi connectivity index (χ0) is 23.4. The number of carbonyl (C=O) groups is 1. The number of sulfonamides is 1. The quantitative estimate of drug-likeness (QED) is 0.414. The molecule has 0 aliphatic heterocycles. The predicted molar refractivity (Wildman–Crippen MR) is 122 cm³/mol. The van der Waals surface area contributed by atoms with Gasteiger partial charge in [0.25, 0.3) is 0 Å². The summed E-state index contributed by atoms with van der Waals surface area (Å²) < 4.78 is 37.8. The van der Waals surface area contributed by atoms with E-state index in [0.29, 0.717) is 28.9 Å². The summed E-state index contributed by atoms with van der Waals surface area (Å²) in [7, 11) is -0.921. The summed E-state index contributed by atoms with van der Waals surface area (Å²) in [6.07, 6.45) is 2.21. The van der Waals surface area contributed by atoms with E-state index in [9.17, 15) is 13.2 Å². The van der Waals surface area contributed by atoms with Crippen LogP contribution in [0.4, 0.5) is 5.69 Å². The number of H-pyrrole nitrogens is 1. The Labute approximate surface area is 191 Å². The van der Waals surface area contributed by atoms with Crippen molar-refractivity contribution in [1.82, 2.24) is 19.9 Å². The largest absolute Gasteiger partial charge is 0.493 e. The third-order valence-corrected chi connectivity index (χ3v) is 6.64. The average molecular weight is 472 g/mol. The standard InChI is InChI=1S/C22H25N5O5S/c1-31-18-9-8-17(13-19(18)32-2)33(29,30)23-11-10-20(28)24-16-5-3-4-15(12-16)22-25-21(26-27-22)14-6-7-14/h3-5,8-9,12-14,23H,6-7,10-11H2,1-2H3,(H,24,28)(H,25,26,27). The number of carbonyl (C=O) groups excluding carboxylic acids is 1. The van der Waals surface area contributed by atoms with Crippen LogP contribution in [-0.2, 0) is 14.8 Å². The highest BCUT2D eigenvalue weighted by Gasteiger charge is 2.27. The van der Waals surface area contributed by atoms with Crippen LogP contribution in [-0.4, -0.2) is 50.3 Å². The molecule has 33 heavy (non-hydrogen) atoms. The van der Waals surface area contributed by atoms with Gasteiger partial charge in [-0.15, -0.1) is 0 Å². The van der Waals surface area contributed by atoms with Crippen LogP contribution in [0.5, 0.6) is 11.5 Å². The maximum atomic E-state index is 12.5. The number of hydrogen-bond acceptors (Lipinski definition) is 7. The van der Waals surface area contributed by atoms with Crippen LogP contribution in [0.3, 0.4) is 0 Å². The highest BCUT2D eigenvalue weighted by Crippen LogP contribution is 2.38. The van der Waals surface area contributed by atoms with Gasteiger partial charge in [-0.05, 0) is 37.1 Å². The van der Waals surface area contributed by atoms with Crippen LogP contribution in [0.15, 0.2) is 47.4 Å². The van der Waals surface area contributed by atoms with Crippen LogP contribution in [0, 0.1) is 0 Å². The molecule has 1 amide bonds. The number of ether oxygens (including phenoxy) is 2. The molecule has 174 valence electrons. The van der Waals surface area contributed by atoms with Gasteiger partial charge in [-0.1, -0.05) is 12.1 Å². The van der Waals surface area contributed by atoms with Gasteiger partial charge < -0.3 is 14.8 Å². The van der Waals surface area contributed by atoms with Crippen molar-refractivity contribution in [2.24, 2.45) is 0 Å². The van der Waals surface area contributed by atoms with Gasteiger partial charge in [-0.2, -0.15) is 5.10 Å². The lowest BCUT2D eigenvalue weighted by Gasteiger charge is -2.11. The number of rotatable bonds is 10. The molecule has 0 atom stereocenters. The number of nitrogens with zero attached hydrogens (tertiary/aromatic N) is 2. The number of amides is 1. The van der Waals surface area contributed by atoms with Gasteiger partial charge in [0.05, 0.1) is 19.1 Å². The molecule has 1 aliphatic carbocycles. The molecule has 10 nitrogen and oxygen atoms in total. The smallest absolute Gasteiger partial charge is 0.240 e. The molecule has 0 bridgehead atoms.